The maximum atomic E-state index is 12.4. The van der Waals surface area contributed by atoms with Crippen LogP contribution < -0.4 is 9.47 Å². The van der Waals surface area contributed by atoms with E-state index in [0.717, 1.165) is 26.2 Å². The first-order valence-electron chi connectivity index (χ1n) is 7.47. The Kier molecular flexibility index (Phi) is 3.84. The van der Waals surface area contributed by atoms with Gasteiger partial charge in [-0.2, -0.15) is 0 Å². The lowest BCUT2D eigenvalue weighted by Crippen LogP contribution is -2.17. The Morgan fingerprint density at radius 1 is 0.720 bits per heavy atom. The third-order valence-corrected chi connectivity index (χ3v) is 5.95. The predicted molar refractivity (Wildman–Crippen MR) is 88.2 cm³/mol. The molecular weight excluding hydrogens is 349 g/mol. The van der Waals surface area contributed by atoms with E-state index in [0.29, 0.717) is 0 Å². The summed E-state index contributed by atoms with van der Waals surface area (Å²) in [5, 5.41) is 0. The highest BCUT2D eigenvalue weighted by molar-refractivity contribution is 7.97. The van der Waals surface area contributed by atoms with Crippen LogP contribution >= 0.6 is 0 Å². The number of para-hydroxylation sites is 2. The summed E-state index contributed by atoms with van der Waals surface area (Å²) >= 11 is 0. The minimum Gasteiger partial charge on any atom is -0.447 e. The average Bonchev–Trinajstić information content (AvgIpc) is 2.59. The van der Waals surface area contributed by atoms with Gasteiger partial charge in [0.25, 0.3) is 0 Å². The van der Waals surface area contributed by atoms with E-state index >= 15 is 0 Å². The number of ether oxygens (including phenoxy) is 2. The van der Waals surface area contributed by atoms with E-state index in [4.69, 9.17) is 4.74 Å². The van der Waals surface area contributed by atoms with Crippen molar-refractivity contribution in [3.8, 4) is 17.2 Å². The molecule has 0 aliphatic carbocycles. The SMILES string of the molecule is FC(F)(F)Oc1ccc([S+]2c3ccccc3Oc3ccccc32)cc1. The first-order chi connectivity index (χ1) is 12.0. The van der Waals surface area contributed by atoms with Crippen LogP contribution in [0.3, 0.4) is 0 Å². The van der Waals surface area contributed by atoms with Gasteiger partial charge in [-0.15, -0.1) is 13.2 Å². The highest BCUT2D eigenvalue weighted by atomic mass is 32.2. The molecule has 1 aliphatic rings. The fraction of sp³-hybridized carbons (Fsp3) is 0.0526. The number of hydrogen-bond acceptors (Lipinski definition) is 2. The molecule has 0 atom stereocenters. The Labute approximate surface area is 145 Å². The Morgan fingerprint density at radius 3 is 1.76 bits per heavy atom. The number of halogens is 3. The number of rotatable bonds is 2. The fourth-order valence-electron chi connectivity index (χ4n) is 2.67. The van der Waals surface area contributed by atoms with Crippen LogP contribution in [0.4, 0.5) is 13.2 Å². The van der Waals surface area contributed by atoms with Crippen LogP contribution in [0.5, 0.6) is 17.2 Å². The van der Waals surface area contributed by atoms with Gasteiger partial charge >= 0.3 is 6.36 Å². The normalized spacial score (nSPS) is 13.6. The van der Waals surface area contributed by atoms with E-state index < -0.39 is 17.3 Å². The molecule has 2 nitrogen and oxygen atoms in total. The number of benzene rings is 3. The number of alkyl halides is 3. The highest BCUT2D eigenvalue weighted by Gasteiger charge is 2.39. The lowest BCUT2D eigenvalue weighted by atomic mass is 10.3. The summed E-state index contributed by atoms with van der Waals surface area (Å²) in [5.41, 5.74) is 0. The van der Waals surface area contributed by atoms with Gasteiger partial charge in [0, 0.05) is 0 Å². The molecule has 3 aromatic carbocycles. The Bertz CT molecular complexity index is 862. The standard InChI is InChI=1S/C19H12F3O2S/c20-19(21,22)24-13-9-11-14(12-10-13)25-17-7-3-1-5-15(17)23-16-6-2-4-8-18(16)25/h1-12H/q+1. The zero-order valence-corrected chi connectivity index (χ0v) is 13.6. The molecule has 1 heterocycles. The number of hydrogen-bond donors (Lipinski definition) is 0. The molecule has 0 bridgehead atoms. The third-order valence-electron chi connectivity index (χ3n) is 3.65. The molecule has 25 heavy (non-hydrogen) atoms. The molecule has 4 rings (SSSR count). The minimum absolute atomic E-state index is 0.227. The van der Waals surface area contributed by atoms with Crippen molar-refractivity contribution in [1.82, 2.24) is 0 Å². The van der Waals surface area contributed by atoms with E-state index in [2.05, 4.69) is 4.74 Å². The smallest absolute Gasteiger partial charge is 0.447 e. The summed E-state index contributed by atoms with van der Waals surface area (Å²) in [7, 11) is -0.451. The van der Waals surface area contributed by atoms with Crippen LogP contribution in [0.1, 0.15) is 0 Å². The van der Waals surface area contributed by atoms with Crippen molar-refractivity contribution in [3.05, 3.63) is 72.8 Å². The van der Waals surface area contributed by atoms with Crippen LogP contribution in [0.2, 0.25) is 0 Å². The lowest BCUT2D eigenvalue weighted by Gasteiger charge is -2.19. The van der Waals surface area contributed by atoms with Crippen molar-refractivity contribution >= 4 is 10.9 Å². The molecule has 1 aliphatic heterocycles. The molecule has 0 unspecified atom stereocenters. The summed E-state index contributed by atoms with van der Waals surface area (Å²) in [5.74, 6) is 1.30. The molecule has 3 aromatic rings. The number of fused-ring (bicyclic) bond motifs is 2. The van der Waals surface area contributed by atoms with Crippen molar-refractivity contribution in [1.29, 1.82) is 0 Å². The zero-order valence-electron chi connectivity index (χ0n) is 12.8. The zero-order chi connectivity index (χ0) is 17.4. The van der Waals surface area contributed by atoms with E-state index in [1.165, 1.54) is 12.1 Å². The van der Waals surface area contributed by atoms with Gasteiger partial charge in [0.05, 0.1) is 0 Å². The Hall–Kier alpha value is -2.60. The van der Waals surface area contributed by atoms with Crippen molar-refractivity contribution < 1.29 is 22.6 Å². The second kappa shape index (κ2) is 6.04. The molecule has 0 N–H and O–H groups in total. The fourth-order valence-corrected chi connectivity index (χ4v) is 4.88. The summed E-state index contributed by atoms with van der Waals surface area (Å²) < 4.78 is 47.0. The van der Waals surface area contributed by atoms with Gasteiger partial charge in [-0.3, -0.25) is 0 Å². The molecule has 0 aromatic heterocycles. The van der Waals surface area contributed by atoms with Crippen LogP contribution in [0.25, 0.3) is 0 Å². The maximum absolute atomic E-state index is 12.4. The van der Waals surface area contributed by atoms with Crippen molar-refractivity contribution in [2.45, 2.75) is 21.0 Å². The van der Waals surface area contributed by atoms with Gasteiger partial charge in [-0.05, 0) is 48.5 Å². The van der Waals surface area contributed by atoms with Gasteiger partial charge in [0.2, 0.25) is 9.79 Å². The van der Waals surface area contributed by atoms with Gasteiger partial charge in [-0.1, -0.05) is 24.3 Å². The van der Waals surface area contributed by atoms with E-state index in [1.807, 2.05) is 48.5 Å². The molecular formula is C19H12F3O2S+. The molecule has 6 heteroatoms. The van der Waals surface area contributed by atoms with Gasteiger partial charge in [-0.25, -0.2) is 0 Å². The summed E-state index contributed by atoms with van der Waals surface area (Å²) in [4.78, 5) is 2.91. The predicted octanol–water partition coefficient (Wildman–Crippen LogP) is 5.79. The summed E-state index contributed by atoms with van der Waals surface area (Å²) in [6, 6.07) is 21.4. The molecule has 0 spiro atoms. The molecule has 0 fully saturated rings. The van der Waals surface area contributed by atoms with Crippen LogP contribution in [0, 0.1) is 0 Å². The van der Waals surface area contributed by atoms with E-state index in [-0.39, 0.29) is 5.75 Å². The summed E-state index contributed by atoms with van der Waals surface area (Å²) in [6.07, 6.45) is -4.69. The third kappa shape index (κ3) is 3.17. The lowest BCUT2D eigenvalue weighted by molar-refractivity contribution is -0.274. The van der Waals surface area contributed by atoms with Crippen molar-refractivity contribution in [2.24, 2.45) is 0 Å². The second-order valence-corrected chi connectivity index (χ2v) is 7.28. The van der Waals surface area contributed by atoms with Crippen LogP contribution in [0.15, 0.2) is 87.5 Å². The van der Waals surface area contributed by atoms with Crippen molar-refractivity contribution in [3.63, 3.8) is 0 Å². The first-order valence-corrected chi connectivity index (χ1v) is 8.70. The molecule has 0 saturated heterocycles. The van der Waals surface area contributed by atoms with E-state index in [9.17, 15) is 13.2 Å². The maximum Gasteiger partial charge on any atom is 0.573 e. The summed E-state index contributed by atoms with van der Waals surface area (Å²) in [6.45, 7) is 0. The largest absolute Gasteiger partial charge is 0.573 e. The monoisotopic (exact) mass is 361 g/mol. The van der Waals surface area contributed by atoms with Crippen molar-refractivity contribution in [2.75, 3.05) is 0 Å². The molecule has 0 radical (unpaired) electrons. The van der Waals surface area contributed by atoms with Crippen LogP contribution in [-0.4, -0.2) is 6.36 Å². The Morgan fingerprint density at radius 2 is 1.24 bits per heavy atom. The van der Waals surface area contributed by atoms with Gasteiger partial charge in [0.15, 0.2) is 16.4 Å². The highest BCUT2D eigenvalue weighted by Crippen LogP contribution is 2.46. The molecule has 126 valence electrons. The quantitative estimate of drug-likeness (QED) is 0.421. The Balaban J connectivity index is 1.77. The molecule has 0 amide bonds. The topological polar surface area (TPSA) is 18.5 Å². The van der Waals surface area contributed by atoms with Gasteiger partial charge < -0.3 is 9.47 Å². The average molecular weight is 361 g/mol. The molecule has 0 saturated carbocycles. The first kappa shape index (κ1) is 15.9. The second-order valence-electron chi connectivity index (χ2n) is 5.32. The van der Waals surface area contributed by atoms with Gasteiger partial charge in [0.1, 0.15) is 16.6 Å². The minimum atomic E-state index is -4.69. The van der Waals surface area contributed by atoms with Crippen LogP contribution in [-0.2, 0) is 10.9 Å². The van der Waals surface area contributed by atoms with E-state index in [1.54, 1.807) is 12.1 Å².